The summed E-state index contributed by atoms with van der Waals surface area (Å²) in [4.78, 5) is 11.7. The van der Waals surface area contributed by atoms with Gasteiger partial charge >= 0.3 is 5.97 Å². The van der Waals surface area contributed by atoms with E-state index in [-0.39, 0.29) is 26.2 Å². The topological polar surface area (TPSA) is 166 Å². The fourth-order valence-corrected chi connectivity index (χ4v) is 2.26. The molecule has 1 aliphatic heterocycles. The van der Waals surface area contributed by atoms with Crippen LogP contribution < -0.4 is 0 Å². The summed E-state index contributed by atoms with van der Waals surface area (Å²) in [7, 11) is 0. The van der Waals surface area contributed by atoms with Gasteiger partial charge in [-0.05, 0) is 6.92 Å². The normalized spacial score (nSPS) is 26.7. The Morgan fingerprint density at radius 1 is 1.24 bits per heavy atom. The zero-order valence-corrected chi connectivity index (χ0v) is 14.1. The molecule has 25 heavy (non-hydrogen) atoms. The van der Waals surface area contributed by atoms with Gasteiger partial charge in [0, 0.05) is 12.8 Å². The van der Waals surface area contributed by atoms with Gasteiger partial charge in [0.2, 0.25) is 0 Å². The average Bonchev–Trinajstić information content (AvgIpc) is 3.03. The molecule has 7 unspecified atom stereocenters. The lowest BCUT2D eigenvalue weighted by Gasteiger charge is -2.22. The second-order valence-corrected chi connectivity index (χ2v) is 6.07. The minimum absolute atomic E-state index is 0.132. The molecule has 0 amide bonds. The molecule has 1 aliphatic rings. The molecule has 0 bridgehead atoms. The number of rotatable bonds is 11. The van der Waals surface area contributed by atoms with E-state index in [1.165, 1.54) is 6.92 Å². The van der Waals surface area contributed by atoms with Gasteiger partial charge in [0.05, 0.1) is 44.7 Å². The van der Waals surface area contributed by atoms with Crippen molar-refractivity contribution in [3.05, 3.63) is 0 Å². The lowest BCUT2D eigenvalue weighted by Crippen LogP contribution is -2.40. The SMILES string of the molecule is CC(OCC(O)C1CC(O)CO1)C(=O)OCCC(O)C(O)C(O)CO. The number of esters is 1. The van der Waals surface area contributed by atoms with Gasteiger partial charge in [0.25, 0.3) is 0 Å². The second kappa shape index (κ2) is 11.0. The molecule has 0 saturated carbocycles. The summed E-state index contributed by atoms with van der Waals surface area (Å²) in [5.74, 6) is -0.719. The van der Waals surface area contributed by atoms with E-state index in [0.29, 0.717) is 6.42 Å². The predicted molar refractivity (Wildman–Crippen MR) is 82.5 cm³/mol. The summed E-state index contributed by atoms with van der Waals surface area (Å²) in [6, 6.07) is 0. The minimum atomic E-state index is -1.55. The van der Waals surface area contributed by atoms with Crippen LogP contribution in [0.3, 0.4) is 0 Å². The third-order valence-electron chi connectivity index (χ3n) is 3.92. The molecule has 1 rings (SSSR count). The predicted octanol–water partition coefficient (Wildman–Crippen LogP) is -3.09. The Balaban J connectivity index is 2.21. The third kappa shape index (κ3) is 7.50. The second-order valence-electron chi connectivity index (χ2n) is 6.07. The van der Waals surface area contributed by atoms with Crippen molar-refractivity contribution < 1.29 is 49.6 Å². The van der Waals surface area contributed by atoms with E-state index >= 15 is 0 Å². The van der Waals surface area contributed by atoms with Crippen LogP contribution in [0.15, 0.2) is 0 Å². The Hall–Kier alpha value is -0.850. The number of carbonyl (C=O) groups is 1. The molecular weight excluding hydrogens is 340 g/mol. The van der Waals surface area contributed by atoms with E-state index in [1.54, 1.807) is 0 Å². The van der Waals surface area contributed by atoms with Crippen LogP contribution in [0.25, 0.3) is 0 Å². The third-order valence-corrected chi connectivity index (χ3v) is 3.92. The summed E-state index contributed by atoms with van der Waals surface area (Å²) >= 11 is 0. The summed E-state index contributed by atoms with van der Waals surface area (Å²) in [6.45, 7) is 0.493. The zero-order valence-electron chi connectivity index (χ0n) is 14.1. The number of aliphatic hydroxyl groups excluding tert-OH is 6. The Bertz CT molecular complexity index is 393. The highest BCUT2D eigenvalue weighted by Crippen LogP contribution is 2.17. The molecule has 148 valence electrons. The Labute approximate surface area is 145 Å². The van der Waals surface area contributed by atoms with Crippen LogP contribution in [-0.4, -0.2) is 106 Å². The largest absolute Gasteiger partial charge is 0.464 e. The Morgan fingerprint density at radius 3 is 2.48 bits per heavy atom. The first-order valence-corrected chi connectivity index (χ1v) is 8.17. The van der Waals surface area contributed by atoms with Gasteiger partial charge in [-0.3, -0.25) is 0 Å². The number of carbonyl (C=O) groups excluding carboxylic acids is 1. The van der Waals surface area contributed by atoms with Crippen LogP contribution >= 0.6 is 0 Å². The van der Waals surface area contributed by atoms with Gasteiger partial charge in [-0.15, -0.1) is 0 Å². The van der Waals surface area contributed by atoms with Crippen molar-refractivity contribution in [2.75, 3.05) is 26.4 Å². The summed E-state index contributed by atoms with van der Waals surface area (Å²) in [5.41, 5.74) is 0. The summed E-state index contributed by atoms with van der Waals surface area (Å²) in [5, 5.41) is 56.1. The molecule has 1 heterocycles. The van der Waals surface area contributed by atoms with Gasteiger partial charge < -0.3 is 44.8 Å². The fourth-order valence-electron chi connectivity index (χ4n) is 2.26. The van der Waals surface area contributed by atoms with E-state index in [0.717, 1.165) is 0 Å². The molecular formula is C15H28O10. The first-order chi connectivity index (χ1) is 11.8. The number of hydrogen-bond acceptors (Lipinski definition) is 10. The standard InChI is InChI=1S/C15H28O10/c1-8(24-7-12(20)13-4-9(17)6-25-13)15(22)23-3-2-10(18)14(21)11(19)5-16/h8-14,16-21H,2-7H2,1H3. The van der Waals surface area contributed by atoms with Crippen molar-refractivity contribution in [2.45, 2.75) is 62.5 Å². The van der Waals surface area contributed by atoms with E-state index in [9.17, 15) is 30.3 Å². The van der Waals surface area contributed by atoms with Gasteiger partial charge in [-0.2, -0.15) is 0 Å². The summed E-state index contributed by atoms with van der Waals surface area (Å²) < 4.78 is 15.3. The molecule has 0 aromatic rings. The van der Waals surface area contributed by atoms with E-state index in [2.05, 4.69) is 0 Å². The van der Waals surface area contributed by atoms with Crippen LogP contribution in [0, 0.1) is 0 Å². The molecule has 0 radical (unpaired) electrons. The summed E-state index contributed by atoms with van der Waals surface area (Å²) in [6.07, 6.45) is -7.34. The van der Waals surface area contributed by atoms with Crippen molar-refractivity contribution in [1.82, 2.24) is 0 Å². The molecule has 1 fully saturated rings. The highest BCUT2D eigenvalue weighted by Gasteiger charge is 2.31. The molecule has 0 aromatic carbocycles. The maximum atomic E-state index is 11.7. The van der Waals surface area contributed by atoms with Crippen LogP contribution in [0.2, 0.25) is 0 Å². The first-order valence-electron chi connectivity index (χ1n) is 8.17. The molecule has 7 atom stereocenters. The first kappa shape index (κ1) is 22.2. The van der Waals surface area contributed by atoms with Crippen LogP contribution in [0.4, 0.5) is 0 Å². The molecule has 10 nitrogen and oxygen atoms in total. The van der Waals surface area contributed by atoms with Gasteiger partial charge in [0.1, 0.15) is 18.3 Å². The maximum absolute atomic E-state index is 11.7. The van der Waals surface area contributed by atoms with Gasteiger partial charge in [-0.1, -0.05) is 0 Å². The van der Waals surface area contributed by atoms with E-state index < -0.39 is 55.3 Å². The number of ether oxygens (including phenoxy) is 3. The smallest absolute Gasteiger partial charge is 0.334 e. The van der Waals surface area contributed by atoms with Crippen LogP contribution in [0.5, 0.6) is 0 Å². The quantitative estimate of drug-likeness (QED) is 0.206. The number of aliphatic hydroxyl groups is 6. The van der Waals surface area contributed by atoms with Crippen molar-refractivity contribution in [3.8, 4) is 0 Å². The Morgan fingerprint density at radius 2 is 1.92 bits per heavy atom. The molecule has 10 heteroatoms. The Kier molecular flexibility index (Phi) is 9.75. The highest BCUT2D eigenvalue weighted by molar-refractivity contribution is 5.74. The molecule has 1 saturated heterocycles. The lowest BCUT2D eigenvalue weighted by molar-refractivity contribution is -0.160. The monoisotopic (exact) mass is 368 g/mol. The van der Waals surface area contributed by atoms with Crippen LogP contribution in [-0.2, 0) is 19.0 Å². The molecule has 0 spiro atoms. The van der Waals surface area contributed by atoms with Crippen molar-refractivity contribution >= 4 is 5.97 Å². The fraction of sp³-hybridized carbons (Fsp3) is 0.933. The van der Waals surface area contributed by atoms with Crippen molar-refractivity contribution in [1.29, 1.82) is 0 Å². The van der Waals surface area contributed by atoms with Crippen molar-refractivity contribution in [2.24, 2.45) is 0 Å². The van der Waals surface area contributed by atoms with E-state index in [4.69, 9.17) is 19.3 Å². The zero-order chi connectivity index (χ0) is 19.0. The van der Waals surface area contributed by atoms with Gasteiger partial charge in [-0.25, -0.2) is 4.79 Å². The maximum Gasteiger partial charge on any atom is 0.334 e. The van der Waals surface area contributed by atoms with Crippen molar-refractivity contribution in [3.63, 3.8) is 0 Å². The van der Waals surface area contributed by atoms with Gasteiger partial charge in [0.15, 0.2) is 6.10 Å². The molecule has 6 N–H and O–H groups in total. The average molecular weight is 368 g/mol. The molecule has 0 aromatic heterocycles. The van der Waals surface area contributed by atoms with Crippen LogP contribution in [0.1, 0.15) is 19.8 Å². The molecule has 0 aliphatic carbocycles. The minimum Gasteiger partial charge on any atom is -0.464 e. The van der Waals surface area contributed by atoms with E-state index in [1.807, 2.05) is 0 Å². The lowest BCUT2D eigenvalue weighted by atomic mass is 10.1. The number of hydrogen-bond donors (Lipinski definition) is 6. The highest BCUT2D eigenvalue weighted by atomic mass is 16.6.